The number of nitrogens with one attached hydrogen (secondary N) is 2. The number of nitrogens with zero attached hydrogens (tertiary/aromatic N) is 2. The normalized spacial score (nSPS) is 11.2. The summed E-state index contributed by atoms with van der Waals surface area (Å²) in [6.45, 7) is 0.843. The molecule has 0 saturated heterocycles. The van der Waals surface area contributed by atoms with E-state index in [4.69, 9.17) is 22.1 Å². The summed E-state index contributed by atoms with van der Waals surface area (Å²) in [6, 6.07) is 14.4. The molecule has 3 rings (SSSR count). The van der Waals surface area contributed by atoms with Gasteiger partial charge in [-0.05, 0) is 23.8 Å². The molecule has 0 aliphatic carbocycles. The predicted molar refractivity (Wildman–Crippen MR) is 120 cm³/mol. The molecule has 8 nitrogen and oxygen atoms in total. The maximum Gasteiger partial charge on any atom is 0.229 e. The van der Waals surface area contributed by atoms with Gasteiger partial charge in [0, 0.05) is 30.2 Å². The molecule has 158 valence electrons. The molecule has 0 atom stereocenters. The van der Waals surface area contributed by atoms with Crippen molar-refractivity contribution in [3.05, 3.63) is 65.3 Å². The molecule has 1 heterocycles. The number of sulfone groups is 1. The molecule has 0 spiro atoms. The van der Waals surface area contributed by atoms with Gasteiger partial charge < -0.3 is 21.1 Å². The van der Waals surface area contributed by atoms with Gasteiger partial charge in [-0.1, -0.05) is 35.9 Å². The van der Waals surface area contributed by atoms with Crippen LogP contribution in [0.2, 0.25) is 5.02 Å². The van der Waals surface area contributed by atoms with Crippen molar-refractivity contribution in [3.63, 3.8) is 0 Å². The van der Waals surface area contributed by atoms with E-state index < -0.39 is 9.84 Å². The van der Waals surface area contributed by atoms with Gasteiger partial charge in [0.15, 0.2) is 15.7 Å². The third-order valence-electron chi connectivity index (χ3n) is 3.91. The first-order valence-corrected chi connectivity index (χ1v) is 11.5. The molecule has 2 aromatic carbocycles. The van der Waals surface area contributed by atoms with E-state index in [2.05, 4.69) is 20.6 Å². The minimum absolute atomic E-state index is 0.0976. The van der Waals surface area contributed by atoms with Crippen LogP contribution < -0.4 is 21.1 Å². The highest BCUT2D eigenvalue weighted by Gasteiger charge is 2.12. The van der Waals surface area contributed by atoms with Crippen molar-refractivity contribution in [2.75, 3.05) is 30.0 Å². The molecule has 0 aliphatic heterocycles. The lowest BCUT2D eigenvalue weighted by Gasteiger charge is -2.13. The number of para-hydroxylation sites is 1. The number of hydrogen-bond donors (Lipinski definition) is 3. The van der Waals surface area contributed by atoms with Gasteiger partial charge in [0.05, 0.1) is 11.9 Å². The van der Waals surface area contributed by atoms with Crippen LogP contribution in [0, 0.1) is 0 Å². The summed E-state index contributed by atoms with van der Waals surface area (Å²) in [5.74, 6) is 1.25. The first-order valence-electron chi connectivity index (χ1n) is 9.09. The molecule has 30 heavy (non-hydrogen) atoms. The Balaban J connectivity index is 1.82. The standard InChI is InChI=1S/C20H22ClN5O3S/c1-30(27,28)13-14-5-2-3-8-18(14)25-19-17(21)12-23-20(26-19)24-15-6-4-7-16(11-15)29-10-9-22/h2-8,11-12H,9-10,13,22H2,1H3,(H2,23,24,25,26). The van der Waals surface area contributed by atoms with Crippen LogP contribution in [0.1, 0.15) is 5.56 Å². The Bertz CT molecular complexity index is 1120. The SMILES string of the molecule is CS(=O)(=O)Cc1ccccc1Nc1nc(Nc2cccc(OCCN)c2)ncc1Cl. The van der Waals surface area contributed by atoms with Crippen LogP contribution in [0.4, 0.5) is 23.1 Å². The predicted octanol–water partition coefficient (Wildman–Crippen LogP) is 3.50. The number of nitrogens with two attached hydrogens (primary N) is 1. The molecule has 10 heteroatoms. The van der Waals surface area contributed by atoms with E-state index in [1.807, 2.05) is 24.3 Å². The van der Waals surface area contributed by atoms with E-state index in [9.17, 15) is 8.42 Å². The van der Waals surface area contributed by atoms with Gasteiger partial charge in [-0.15, -0.1) is 0 Å². The summed E-state index contributed by atoms with van der Waals surface area (Å²) >= 11 is 6.25. The molecule has 1 aromatic heterocycles. The highest BCUT2D eigenvalue weighted by molar-refractivity contribution is 7.89. The Kier molecular flexibility index (Phi) is 7.09. The fourth-order valence-electron chi connectivity index (χ4n) is 2.66. The number of aromatic nitrogens is 2. The molecule has 0 radical (unpaired) electrons. The van der Waals surface area contributed by atoms with E-state index >= 15 is 0 Å². The van der Waals surface area contributed by atoms with Crippen LogP contribution in [-0.2, 0) is 15.6 Å². The summed E-state index contributed by atoms with van der Waals surface area (Å²) in [5.41, 5.74) is 7.42. The van der Waals surface area contributed by atoms with Crippen molar-refractivity contribution >= 4 is 44.6 Å². The molecule has 0 amide bonds. The van der Waals surface area contributed by atoms with Crippen molar-refractivity contribution in [1.82, 2.24) is 9.97 Å². The average molecular weight is 448 g/mol. The number of hydrogen-bond acceptors (Lipinski definition) is 8. The van der Waals surface area contributed by atoms with Gasteiger partial charge >= 0.3 is 0 Å². The Morgan fingerprint density at radius 3 is 2.70 bits per heavy atom. The molecule has 0 bridgehead atoms. The topological polar surface area (TPSA) is 119 Å². The smallest absolute Gasteiger partial charge is 0.229 e. The van der Waals surface area contributed by atoms with E-state index in [0.717, 1.165) is 5.69 Å². The third kappa shape index (κ3) is 6.31. The van der Waals surface area contributed by atoms with Crippen LogP contribution in [0.25, 0.3) is 0 Å². The van der Waals surface area contributed by atoms with Gasteiger partial charge in [-0.3, -0.25) is 0 Å². The van der Waals surface area contributed by atoms with E-state index in [1.54, 1.807) is 24.3 Å². The monoisotopic (exact) mass is 447 g/mol. The molecule has 0 fully saturated rings. The average Bonchev–Trinajstić information content (AvgIpc) is 2.69. The second-order valence-corrected chi connectivity index (χ2v) is 9.08. The van der Waals surface area contributed by atoms with Crippen LogP contribution in [-0.4, -0.2) is 37.8 Å². The second kappa shape index (κ2) is 9.75. The van der Waals surface area contributed by atoms with Gasteiger partial charge in [0.1, 0.15) is 17.4 Å². The van der Waals surface area contributed by atoms with Crippen molar-refractivity contribution in [1.29, 1.82) is 0 Å². The Labute approximate surface area is 180 Å². The Morgan fingerprint density at radius 1 is 1.13 bits per heavy atom. The van der Waals surface area contributed by atoms with Crippen LogP contribution in [0.15, 0.2) is 54.7 Å². The fraction of sp³-hybridized carbons (Fsp3) is 0.200. The van der Waals surface area contributed by atoms with Gasteiger partial charge in [0.25, 0.3) is 0 Å². The minimum Gasteiger partial charge on any atom is -0.492 e. The molecule has 0 saturated carbocycles. The highest BCUT2D eigenvalue weighted by Crippen LogP contribution is 2.28. The van der Waals surface area contributed by atoms with Gasteiger partial charge in [-0.25, -0.2) is 13.4 Å². The number of benzene rings is 2. The maximum absolute atomic E-state index is 11.7. The lowest BCUT2D eigenvalue weighted by molar-refractivity contribution is 0.328. The zero-order chi connectivity index (χ0) is 21.6. The quantitative estimate of drug-likeness (QED) is 0.456. The lowest BCUT2D eigenvalue weighted by atomic mass is 10.2. The number of anilines is 4. The second-order valence-electron chi connectivity index (χ2n) is 6.53. The molecule has 3 aromatic rings. The molecular weight excluding hydrogens is 426 g/mol. The summed E-state index contributed by atoms with van der Waals surface area (Å²) < 4.78 is 29.0. The Morgan fingerprint density at radius 2 is 1.93 bits per heavy atom. The van der Waals surface area contributed by atoms with Crippen LogP contribution >= 0.6 is 11.6 Å². The Hall–Kier alpha value is -2.88. The summed E-state index contributed by atoms with van der Waals surface area (Å²) in [7, 11) is -3.20. The van der Waals surface area contributed by atoms with E-state index in [-0.39, 0.29) is 5.75 Å². The van der Waals surface area contributed by atoms with Gasteiger partial charge in [0.2, 0.25) is 5.95 Å². The minimum atomic E-state index is -3.20. The number of halogens is 1. The van der Waals surface area contributed by atoms with Crippen molar-refractivity contribution in [2.45, 2.75) is 5.75 Å². The number of ether oxygens (including phenoxy) is 1. The summed E-state index contributed by atoms with van der Waals surface area (Å²) in [6.07, 6.45) is 2.65. The van der Waals surface area contributed by atoms with Crippen LogP contribution in [0.5, 0.6) is 5.75 Å². The first-order chi connectivity index (χ1) is 14.3. The first kappa shape index (κ1) is 21.8. The molecule has 4 N–H and O–H groups in total. The summed E-state index contributed by atoms with van der Waals surface area (Å²) in [5, 5.41) is 6.50. The lowest BCUT2D eigenvalue weighted by Crippen LogP contribution is -2.10. The molecule has 0 unspecified atom stereocenters. The van der Waals surface area contributed by atoms with E-state index in [0.29, 0.717) is 46.9 Å². The summed E-state index contributed by atoms with van der Waals surface area (Å²) in [4.78, 5) is 8.62. The molecule has 0 aliphatic rings. The van der Waals surface area contributed by atoms with E-state index in [1.165, 1.54) is 12.5 Å². The zero-order valence-corrected chi connectivity index (χ0v) is 17.9. The maximum atomic E-state index is 11.7. The fourth-order valence-corrected chi connectivity index (χ4v) is 3.62. The molecular formula is C20H22ClN5O3S. The third-order valence-corrected chi connectivity index (χ3v) is 5.02. The van der Waals surface area contributed by atoms with Gasteiger partial charge in [-0.2, -0.15) is 4.98 Å². The van der Waals surface area contributed by atoms with Crippen molar-refractivity contribution in [3.8, 4) is 5.75 Å². The number of rotatable bonds is 9. The van der Waals surface area contributed by atoms with Crippen LogP contribution in [0.3, 0.4) is 0 Å². The van der Waals surface area contributed by atoms with Crippen molar-refractivity contribution in [2.24, 2.45) is 5.73 Å². The highest BCUT2D eigenvalue weighted by atomic mass is 35.5. The van der Waals surface area contributed by atoms with Crippen molar-refractivity contribution < 1.29 is 13.2 Å². The zero-order valence-electron chi connectivity index (χ0n) is 16.3. The largest absolute Gasteiger partial charge is 0.492 e.